The van der Waals surface area contributed by atoms with Crippen LogP contribution in [0.15, 0.2) is 0 Å². The van der Waals surface area contributed by atoms with E-state index in [1.807, 2.05) is 20.8 Å². The Morgan fingerprint density at radius 1 is 1.05 bits per heavy atom. The SMILES string of the molecule is BrCCCCBr.CC(=O)C1(C(=O)OC(C)(C)C)CCCC1. The van der Waals surface area contributed by atoms with Crippen molar-refractivity contribution in [3.8, 4) is 0 Å². The first-order chi connectivity index (χ1) is 9.69. The number of ether oxygens (including phenoxy) is 1. The Morgan fingerprint density at radius 2 is 1.48 bits per heavy atom. The van der Waals surface area contributed by atoms with Crippen molar-refractivity contribution in [3.63, 3.8) is 0 Å². The van der Waals surface area contributed by atoms with Gasteiger partial charge in [-0.05, 0) is 53.4 Å². The van der Waals surface area contributed by atoms with Crippen LogP contribution in [0.5, 0.6) is 0 Å². The number of hydrogen-bond donors (Lipinski definition) is 0. The lowest BCUT2D eigenvalue weighted by molar-refractivity contribution is -0.169. The molecule has 0 saturated heterocycles. The summed E-state index contributed by atoms with van der Waals surface area (Å²) < 4.78 is 5.33. The summed E-state index contributed by atoms with van der Waals surface area (Å²) in [5.41, 5.74) is -1.35. The van der Waals surface area contributed by atoms with Gasteiger partial charge in [0.05, 0.1) is 0 Å². The lowest BCUT2D eigenvalue weighted by Gasteiger charge is -2.28. The Bertz CT molecular complexity index is 325. The molecule has 3 nitrogen and oxygen atoms in total. The highest BCUT2D eigenvalue weighted by Gasteiger charge is 2.47. The van der Waals surface area contributed by atoms with Crippen LogP contribution in [0.25, 0.3) is 0 Å². The summed E-state index contributed by atoms with van der Waals surface area (Å²) in [5.74, 6) is -0.380. The van der Waals surface area contributed by atoms with E-state index in [0.29, 0.717) is 12.8 Å². The first-order valence-corrected chi connectivity index (χ1v) is 9.80. The van der Waals surface area contributed by atoms with Crippen LogP contribution >= 0.6 is 31.9 Å². The van der Waals surface area contributed by atoms with Gasteiger partial charge in [-0.3, -0.25) is 9.59 Å². The van der Waals surface area contributed by atoms with Gasteiger partial charge in [0, 0.05) is 10.7 Å². The van der Waals surface area contributed by atoms with E-state index in [0.717, 1.165) is 23.5 Å². The largest absolute Gasteiger partial charge is 0.459 e. The molecule has 124 valence electrons. The van der Waals surface area contributed by atoms with Gasteiger partial charge in [0.1, 0.15) is 16.8 Å². The van der Waals surface area contributed by atoms with Crippen LogP contribution < -0.4 is 0 Å². The Labute approximate surface area is 145 Å². The van der Waals surface area contributed by atoms with E-state index in [9.17, 15) is 9.59 Å². The number of rotatable bonds is 5. The molecule has 0 heterocycles. The maximum atomic E-state index is 12.0. The second-order valence-corrected chi connectivity index (χ2v) is 8.02. The molecule has 0 aromatic carbocycles. The zero-order chi connectivity index (χ0) is 16.5. The summed E-state index contributed by atoms with van der Waals surface area (Å²) in [4.78, 5) is 23.6. The van der Waals surface area contributed by atoms with Crippen LogP contribution in [-0.2, 0) is 14.3 Å². The van der Waals surface area contributed by atoms with Crippen molar-refractivity contribution in [1.82, 2.24) is 0 Å². The van der Waals surface area contributed by atoms with Crippen LogP contribution in [0.1, 0.15) is 66.2 Å². The van der Waals surface area contributed by atoms with Crippen LogP contribution in [0.3, 0.4) is 0 Å². The maximum absolute atomic E-state index is 12.0. The summed E-state index contributed by atoms with van der Waals surface area (Å²) in [6, 6.07) is 0. The molecule has 0 aromatic rings. The molecule has 0 radical (unpaired) electrons. The lowest BCUT2D eigenvalue weighted by Crippen LogP contribution is -2.40. The highest BCUT2D eigenvalue weighted by Crippen LogP contribution is 2.40. The first-order valence-electron chi connectivity index (χ1n) is 7.56. The van der Waals surface area contributed by atoms with E-state index >= 15 is 0 Å². The number of carbonyl (C=O) groups is 2. The molecule has 0 aliphatic heterocycles. The van der Waals surface area contributed by atoms with E-state index in [-0.39, 0.29) is 11.8 Å². The molecule has 0 spiro atoms. The number of unbranched alkanes of at least 4 members (excludes halogenated alkanes) is 1. The summed E-state index contributed by atoms with van der Waals surface area (Å²) >= 11 is 6.66. The number of halogens is 2. The number of alkyl halides is 2. The maximum Gasteiger partial charge on any atom is 0.320 e. The van der Waals surface area contributed by atoms with Crippen molar-refractivity contribution in [3.05, 3.63) is 0 Å². The molecule has 1 aliphatic carbocycles. The van der Waals surface area contributed by atoms with E-state index in [1.54, 1.807) is 0 Å². The molecular formula is C16H28Br2O3. The zero-order valence-electron chi connectivity index (χ0n) is 13.6. The summed E-state index contributed by atoms with van der Waals surface area (Å²) in [7, 11) is 0. The molecule has 1 aliphatic rings. The van der Waals surface area contributed by atoms with E-state index < -0.39 is 11.0 Å². The molecule has 1 fully saturated rings. The van der Waals surface area contributed by atoms with Gasteiger partial charge in [-0.1, -0.05) is 44.7 Å². The van der Waals surface area contributed by atoms with Gasteiger partial charge in [0.15, 0.2) is 0 Å². The Hall–Kier alpha value is 0.1000. The van der Waals surface area contributed by atoms with Crippen molar-refractivity contribution in [2.45, 2.75) is 71.8 Å². The van der Waals surface area contributed by atoms with E-state index in [2.05, 4.69) is 31.9 Å². The highest BCUT2D eigenvalue weighted by atomic mass is 79.9. The Balaban J connectivity index is 0.000000567. The Kier molecular flexibility index (Phi) is 10.0. The van der Waals surface area contributed by atoms with Gasteiger partial charge in [-0.15, -0.1) is 0 Å². The average molecular weight is 428 g/mol. The molecular weight excluding hydrogens is 400 g/mol. The number of Topliss-reactive ketones (excluding diaryl/α,β-unsaturated/α-hetero) is 1. The third-order valence-electron chi connectivity index (χ3n) is 3.44. The van der Waals surface area contributed by atoms with E-state index in [4.69, 9.17) is 4.74 Å². The van der Waals surface area contributed by atoms with Gasteiger partial charge in [-0.25, -0.2) is 0 Å². The van der Waals surface area contributed by atoms with Gasteiger partial charge in [-0.2, -0.15) is 0 Å². The standard InChI is InChI=1S/C12H20O3.C4H8Br2/c1-9(13)12(7-5-6-8-12)10(14)15-11(2,3)4;5-3-1-2-4-6/h5-8H2,1-4H3;1-4H2. The van der Waals surface area contributed by atoms with Crippen LogP contribution in [-0.4, -0.2) is 28.0 Å². The van der Waals surface area contributed by atoms with Gasteiger partial charge in [0.25, 0.3) is 0 Å². The molecule has 0 aromatic heterocycles. The number of carbonyl (C=O) groups excluding carboxylic acids is 2. The van der Waals surface area contributed by atoms with Crippen molar-refractivity contribution in [2.24, 2.45) is 5.41 Å². The van der Waals surface area contributed by atoms with Gasteiger partial charge in [0.2, 0.25) is 0 Å². The van der Waals surface area contributed by atoms with Gasteiger partial charge >= 0.3 is 5.97 Å². The second-order valence-electron chi connectivity index (χ2n) is 6.43. The third-order valence-corrected chi connectivity index (χ3v) is 4.56. The molecule has 0 amide bonds. The second kappa shape index (κ2) is 9.98. The van der Waals surface area contributed by atoms with Crippen molar-refractivity contribution >= 4 is 43.6 Å². The summed E-state index contributed by atoms with van der Waals surface area (Å²) in [6.45, 7) is 6.98. The molecule has 0 atom stereocenters. The highest BCUT2D eigenvalue weighted by molar-refractivity contribution is 9.09. The lowest BCUT2D eigenvalue weighted by atomic mass is 9.82. The smallest absolute Gasteiger partial charge is 0.320 e. The number of ketones is 1. The predicted molar refractivity (Wildman–Crippen MR) is 94.2 cm³/mol. The topological polar surface area (TPSA) is 43.4 Å². The molecule has 1 saturated carbocycles. The number of esters is 1. The van der Waals surface area contributed by atoms with Crippen molar-refractivity contribution in [1.29, 1.82) is 0 Å². The van der Waals surface area contributed by atoms with Crippen LogP contribution in [0, 0.1) is 5.41 Å². The Morgan fingerprint density at radius 3 is 1.76 bits per heavy atom. The monoisotopic (exact) mass is 426 g/mol. The molecule has 0 bridgehead atoms. The van der Waals surface area contributed by atoms with Gasteiger partial charge < -0.3 is 4.74 Å². The molecule has 0 N–H and O–H groups in total. The minimum Gasteiger partial charge on any atom is -0.459 e. The molecule has 1 rings (SSSR count). The van der Waals surface area contributed by atoms with Crippen molar-refractivity contribution in [2.75, 3.05) is 10.7 Å². The minimum atomic E-state index is -0.840. The van der Waals surface area contributed by atoms with Crippen molar-refractivity contribution < 1.29 is 14.3 Å². The normalized spacial score (nSPS) is 16.9. The molecule has 5 heteroatoms. The third kappa shape index (κ3) is 7.78. The van der Waals surface area contributed by atoms with Crippen LogP contribution in [0.4, 0.5) is 0 Å². The molecule has 0 unspecified atom stereocenters. The quantitative estimate of drug-likeness (QED) is 0.267. The predicted octanol–water partition coefficient (Wildman–Crippen LogP) is 5.03. The fraction of sp³-hybridized carbons (Fsp3) is 0.875. The summed E-state index contributed by atoms with van der Waals surface area (Å²) in [6.07, 6.45) is 5.75. The first kappa shape index (κ1) is 21.1. The summed E-state index contributed by atoms with van der Waals surface area (Å²) in [5, 5.41) is 2.28. The molecule has 21 heavy (non-hydrogen) atoms. The average Bonchev–Trinajstić information content (AvgIpc) is 2.85. The van der Waals surface area contributed by atoms with Crippen LogP contribution in [0.2, 0.25) is 0 Å². The number of hydrogen-bond acceptors (Lipinski definition) is 3. The zero-order valence-corrected chi connectivity index (χ0v) is 16.8. The van der Waals surface area contributed by atoms with E-state index in [1.165, 1.54) is 19.8 Å². The fourth-order valence-electron chi connectivity index (χ4n) is 2.24. The minimum absolute atomic E-state index is 0.0470. The fourth-order valence-corrected chi connectivity index (χ4v) is 3.04.